The van der Waals surface area contributed by atoms with Gasteiger partial charge in [0, 0.05) is 18.9 Å². The van der Waals surface area contributed by atoms with E-state index in [9.17, 15) is 9.59 Å². The zero-order valence-electron chi connectivity index (χ0n) is 9.91. The molecule has 0 spiro atoms. The Bertz CT molecular complexity index is 532. The molecule has 2 aliphatic rings. The predicted octanol–water partition coefficient (Wildman–Crippen LogP) is 1.29. The Balaban J connectivity index is 1.97. The van der Waals surface area contributed by atoms with Crippen molar-refractivity contribution in [3.8, 4) is 0 Å². The van der Waals surface area contributed by atoms with Crippen LogP contribution in [0, 0.1) is 5.92 Å². The highest BCUT2D eigenvalue weighted by atomic mass is 16.5. The van der Waals surface area contributed by atoms with E-state index in [0.717, 1.165) is 19.3 Å². The van der Waals surface area contributed by atoms with Crippen LogP contribution >= 0.6 is 0 Å². The minimum absolute atomic E-state index is 0.00991. The minimum atomic E-state index is -1.01. The van der Waals surface area contributed by atoms with E-state index in [0.29, 0.717) is 12.5 Å². The highest BCUT2D eigenvalue weighted by molar-refractivity contribution is 5.87. The summed E-state index contributed by atoms with van der Waals surface area (Å²) in [6.45, 7) is 0.648. The summed E-state index contributed by atoms with van der Waals surface area (Å²) in [5.41, 5.74) is -0.00260. The molecular weight excluding hydrogens is 234 g/mol. The number of aromatic carboxylic acids is 1. The summed E-state index contributed by atoms with van der Waals surface area (Å²) in [5.74, 6) is -0.469. The number of aromatic nitrogens is 1. The Kier molecular flexibility index (Phi) is 2.70. The third kappa shape index (κ3) is 1.95. The minimum Gasteiger partial charge on any atom is -0.478 e. The third-order valence-electron chi connectivity index (χ3n) is 3.73. The average Bonchev–Trinajstić information content (AvgIpc) is 3.08. The summed E-state index contributed by atoms with van der Waals surface area (Å²) in [6, 6.07) is 2.67. The van der Waals surface area contributed by atoms with Gasteiger partial charge >= 0.3 is 5.97 Å². The molecule has 5 heteroatoms. The van der Waals surface area contributed by atoms with E-state index in [-0.39, 0.29) is 23.3 Å². The van der Waals surface area contributed by atoms with Crippen molar-refractivity contribution in [2.24, 2.45) is 5.92 Å². The summed E-state index contributed by atoms with van der Waals surface area (Å²) in [4.78, 5) is 22.8. The molecule has 0 amide bonds. The van der Waals surface area contributed by atoms with Gasteiger partial charge in [0.15, 0.2) is 0 Å². The maximum atomic E-state index is 11.9. The molecule has 1 aliphatic heterocycles. The largest absolute Gasteiger partial charge is 0.478 e. The molecule has 1 saturated carbocycles. The molecule has 0 aromatic carbocycles. The quantitative estimate of drug-likeness (QED) is 0.876. The molecule has 2 fully saturated rings. The number of hydrogen-bond acceptors (Lipinski definition) is 3. The first-order valence-electron chi connectivity index (χ1n) is 6.24. The van der Waals surface area contributed by atoms with Crippen LogP contribution in [0.2, 0.25) is 0 Å². The van der Waals surface area contributed by atoms with Gasteiger partial charge in [-0.15, -0.1) is 0 Å². The summed E-state index contributed by atoms with van der Waals surface area (Å²) in [5, 5.41) is 8.98. The SMILES string of the molecule is O=C(O)c1ccc(=O)n(C2CCOC2C2CC2)c1. The molecule has 1 aromatic heterocycles. The van der Waals surface area contributed by atoms with Crippen molar-refractivity contribution in [1.82, 2.24) is 4.57 Å². The van der Waals surface area contributed by atoms with Crippen LogP contribution in [0.5, 0.6) is 0 Å². The lowest BCUT2D eigenvalue weighted by Crippen LogP contribution is -2.30. The van der Waals surface area contributed by atoms with E-state index >= 15 is 0 Å². The van der Waals surface area contributed by atoms with Crippen molar-refractivity contribution in [3.05, 3.63) is 34.2 Å². The molecule has 1 aliphatic carbocycles. The van der Waals surface area contributed by atoms with E-state index in [1.807, 2.05) is 0 Å². The third-order valence-corrected chi connectivity index (χ3v) is 3.73. The van der Waals surface area contributed by atoms with E-state index in [1.54, 1.807) is 4.57 Å². The smallest absolute Gasteiger partial charge is 0.337 e. The first-order valence-corrected chi connectivity index (χ1v) is 6.24. The van der Waals surface area contributed by atoms with Gasteiger partial charge in [-0.05, 0) is 31.2 Å². The van der Waals surface area contributed by atoms with Crippen LogP contribution in [0.3, 0.4) is 0 Å². The fourth-order valence-corrected chi connectivity index (χ4v) is 2.66. The van der Waals surface area contributed by atoms with Crippen LogP contribution in [0.4, 0.5) is 0 Å². The van der Waals surface area contributed by atoms with Crippen molar-refractivity contribution in [2.45, 2.75) is 31.4 Å². The van der Waals surface area contributed by atoms with Crippen molar-refractivity contribution >= 4 is 5.97 Å². The summed E-state index contributed by atoms with van der Waals surface area (Å²) in [6.07, 6.45) is 4.60. The Hall–Kier alpha value is -1.62. The van der Waals surface area contributed by atoms with Crippen LogP contribution in [0.15, 0.2) is 23.1 Å². The van der Waals surface area contributed by atoms with Crippen LogP contribution in [-0.4, -0.2) is 28.4 Å². The van der Waals surface area contributed by atoms with Gasteiger partial charge in [0.05, 0.1) is 17.7 Å². The van der Waals surface area contributed by atoms with Gasteiger partial charge in [-0.25, -0.2) is 4.79 Å². The number of pyridine rings is 1. The molecule has 0 radical (unpaired) electrons. The first-order chi connectivity index (χ1) is 8.66. The summed E-state index contributed by atoms with van der Waals surface area (Å²) < 4.78 is 7.23. The van der Waals surface area contributed by atoms with Gasteiger partial charge in [-0.1, -0.05) is 0 Å². The number of carboxylic acids is 1. The lowest BCUT2D eigenvalue weighted by molar-refractivity contribution is 0.0686. The highest BCUT2D eigenvalue weighted by Crippen LogP contribution is 2.42. The average molecular weight is 249 g/mol. The van der Waals surface area contributed by atoms with Gasteiger partial charge in [-0.2, -0.15) is 0 Å². The second-order valence-corrected chi connectivity index (χ2v) is 5.00. The Morgan fingerprint density at radius 1 is 1.33 bits per heavy atom. The normalized spacial score (nSPS) is 27.3. The molecule has 2 unspecified atom stereocenters. The lowest BCUT2D eigenvalue weighted by atomic mass is 10.1. The highest BCUT2D eigenvalue weighted by Gasteiger charge is 2.41. The molecule has 0 bridgehead atoms. The van der Waals surface area contributed by atoms with E-state index in [4.69, 9.17) is 9.84 Å². The number of rotatable bonds is 3. The van der Waals surface area contributed by atoms with Gasteiger partial charge in [0.1, 0.15) is 0 Å². The van der Waals surface area contributed by atoms with E-state index in [2.05, 4.69) is 0 Å². The fourth-order valence-electron chi connectivity index (χ4n) is 2.66. The molecule has 2 heterocycles. The second-order valence-electron chi connectivity index (χ2n) is 5.00. The van der Waals surface area contributed by atoms with Crippen molar-refractivity contribution in [1.29, 1.82) is 0 Å². The van der Waals surface area contributed by atoms with Gasteiger partial charge in [-0.3, -0.25) is 4.79 Å². The zero-order valence-corrected chi connectivity index (χ0v) is 9.91. The molecule has 2 atom stereocenters. The number of carboxylic acid groups (broad SMARTS) is 1. The maximum Gasteiger partial charge on any atom is 0.337 e. The number of ether oxygens (including phenoxy) is 1. The lowest BCUT2D eigenvalue weighted by Gasteiger charge is -2.20. The topological polar surface area (TPSA) is 68.5 Å². The molecule has 96 valence electrons. The van der Waals surface area contributed by atoms with Crippen LogP contribution in [-0.2, 0) is 4.74 Å². The number of carbonyl (C=O) groups is 1. The van der Waals surface area contributed by atoms with Gasteiger partial charge in [0.2, 0.25) is 0 Å². The first kappa shape index (κ1) is 11.5. The molecular formula is C13H15NO4. The Labute approximate surface area is 104 Å². The molecule has 1 N–H and O–H groups in total. The summed E-state index contributed by atoms with van der Waals surface area (Å²) in [7, 11) is 0. The zero-order chi connectivity index (χ0) is 12.7. The van der Waals surface area contributed by atoms with E-state index in [1.165, 1.54) is 18.3 Å². The Morgan fingerprint density at radius 2 is 2.11 bits per heavy atom. The van der Waals surface area contributed by atoms with Crippen LogP contribution < -0.4 is 5.56 Å². The molecule has 18 heavy (non-hydrogen) atoms. The maximum absolute atomic E-state index is 11.9. The van der Waals surface area contributed by atoms with Gasteiger partial charge in [0.25, 0.3) is 5.56 Å². The van der Waals surface area contributed by atoms with Crippen molar-refractivity contribution in [2.75, 3.05) is 6.61 Å². The number of hydrogen-bond donors (Lipinski definition) is 1. The molecule has 5 nitrogen and oxygen atoms in total. The van der Waals surface area contributed by atoms with Gasteiger partial charge < -0.3 is 14.4 Å². The number of nitrogens with zero attached hydrogens (tertiary/aromatic N) is 1. The molecule has 3 rings (SSSR count). The van der Waals surface area contributed by atoms with Crippen molar-refractivity contribution in [3.63, 3.8) is 0 Å². The standard InChI is InChI=1S/C13H15NO4/c15-11-4-3-9(13(16)17)7-14(11)10-5-6-18-12(10)8-1-2-8/h3-4,7-8,10,12H,1-2,5-6H2,(H,16,17). The monoisotopic (exact) mass is 249 g/mol. The molecule has 1 aromatic rings. The van der Waals surface area contributed by atoms with E-state index < -0.39 is 5.97 Å². The van der Waals surface area contributed by atoms with Crippen LogP contribution in [0.1, 0.15) is 35.7 Å². The second kappa shape index (κ2) is 4.24. The van der Waals surface area contributed by atoms with Crippen LogP contribution in [0.25, 0.3) is 0 Å². The fraction of sp³-hybridized carbons (Fsp3) is 0.538. The Morgan fingerprint density at radius 3 is 2.78 bits per heavy atom. The van der Waals surface area contributed by atoms with Crippen molar-refractivity contribution < 1.29 is 14.6 Å². The molecule has 1 saturated heterocycles. The predicted molar refractivity (Wildman–Crippen MR) is 63.8 cm³/mol. The summed E-state index contributed by atoms with van der Waals surface area (Å²) >= 11 is 0.